The molecule has 5 nitrogen and oxygen atoms in total. The van der Waals surface area contributed by atoms with Gasteiger partial charge in [-0.1, -0.05) is 20.8 Å². The zero-order valence-electron chi connectivity index (χ0n) is 9.36. The van der Waals surface area contributed by atoms with E-state index in [2.05, 4.69) is 0 Å². The van der Waals surface area contributed by atoms with Gasteiger partial charge in [0.05, 0.1) is 6.04 Å². The van der Waals surface area contributed by atoms with Crippen molar-refractivity contribution in [3.63, 3.8) is 0 Å². The Morgan fingerprint density at radius 2 is 2.00 bits per heavy atom. The topological polar surface area (TPSA) is 83.6 Å². The fourth-order valence-electron chi connectivity index (χ4n) is 2.03. The van der Waals surface area contributed by atoms with Crippen LogP contribution in [-0.2, 0) is 9.59 Å². The Morgan fingerprint density at radius 3 is 2.20 bits per heavy atom. The Hall–Kier alpha value is -1.10. The number of amides is 1. The van der Waals surface area contributed by atoms with Gasteiger partial charge in [0.15, 0.2) is 0 Å². The Bertz CT molecular complexity index is 283. The highest BCUT2D eigenvalue weighted by molar-refractivity contribution is 5.83. The Balaban J connectivity index is 2.83. The van der Waals surface area contributed by atoms with E-state index in [1.165, 1.54) is 0 Å². The van der Waals surface area contributed by atoms with Crippen LogP contribution in [0.15, 0.2) is 0 Å². The third kappa shape index (κ3) is 2.28. The number of nitrogens with two attached hydrogens (primary N) is 1. The Morgan fingerprint density at radius 1 is 1.47 bits per heavy atom. The van der Waals surface area contributed by atoms with Crippen molar-refractivity contribution in [1.29, 1.82) is 0 Å². The van der Waals surface area contributed by atoms with E-state index in [0.717, 1.165) is 0 Å². The third-order valence-corrected chi connectivity index (χ3v) is 2.78. The maximum atomic E-state index is 11.2. The molecule has 0 aromatic carbocycles. The molecule has 1 amide bonds. The van der Waals surface area contributed by atoms with Crippen LogP contribution < -0.4 is 5.73 Å². The van der Waals surface area contributed by atoms with E-state index in [1.807, 2.05) is 20.8 Å². The standard InChI is InChI=1S/C10H18N2O3/c1-10(2,3)7(9(14)15)12-5-4-6(12)8(11)13/h6-7H,4-5H2,1-3H3,(H2,11,13)(H,14,15). The van der Waals surface area contributed by atoms with E-state index < -0.39 is 29.4 Å². The van der Waals surface area contributed by atoms with Crippen molar-refractivity contribution in [2.75, 3.05) is 6.54 Å². The van der Waals surface area contributed by atoms with Gasteiger partial charge in [-0.2, -0.15) is 0 Å². The molecular weight excluding hydrogens is 196 g/mol. The molecular formula is C10H18N2O3. The van der Waals surface area contributed by atoms with Crippen LogP contribution in [-0.4, -0.2) is 40.5 Å². The molecule has 0 saturated carbocycles. The van der Waals surface area contributed by atoms with Crippen LogP contribution >= 0.6 is 0 Å². The zero-order valence-corrected chi connectivity index (χ0v) is 9.36. The van der Waals surface area contributed by atoms with E-state index in [-0.39, 0.29) is 0 Å². The summed E-state index contributed by atoms with van der Waals surface area (Å²) in [7, 11) is 0. The van der Waals surface area contributed by atoms with Crippen LogP contribution in [0.5, 0.6) is 0 Å². The summed E-state index contributed by atoms with van der Waals surface area (Å²) in [6.07, 6.45) is 0.662. The molecule has 2 unspecified atom stereocenters. The smallest absolute Gasteiger partial charge is 0.321 e. The second-order valence-corrected chi connectivity index (χ2v) is 5.05. The molecule has 0 aliphatic carbocycles. The lowest BCUT2D eigenvalue weighted by Crippen LogP contribution is -2.64. The fourth-order valence-corrected chi connectivity index (χ4v) is 2.03. The van der Waals surface area contributed by atoms with Gasteiger partial charge in [0, 0.05) is 6.54 Å². The van der Waals surface area contributed by atoms with Crippen molar-refractivity contribution in [2.24, 2.45) is 11.1 Å². The highest BCUT2D eigenvalue weighted by atomic mass is 16.4. The second kappa shape index (κ2) is 3.81. The molecule has 1 fully saturated rings. The first-order chi connectivity index (χ1) is 6.75. The monoisotopic (exact) mass is 214 g/mol. The summed E-state index contributed by atoms with van der Waals surface area (Å²) in [5.41, 5.74) is 4.79. The summed E-state index contributed by atoms with van der Waals surface area (Å²) < 4.78 is 0. The number of carbonyl (C=O) groups is 2. The Kier molecular flexibility index (Phi) is 3.04. The van der Waals surface area contributed by atoms with Gasteiger partial charge < -0.3 is 10.8 Å². The molecule has 1 heterocycles. The molecule has 0 bridgehead atoms. The summed E-state index contributed by atoms with van der Waals surface area (Å²) >= 11 is 0. The molecule has 0 spiro atoms. The van der Waals surface area contributed by atoms with Crippen LogP contribution in [0, 0.1) is 5.41 Å². The fraction of sp³-hybridized carbons (Fsp3) is 0.800. The van der Waals surface area contributed by atoms with E-state index in [1.54, 1.807) is 4.90 Å². The van der Waals surface area contributed by atoms with Crippen LogP contribution in [0.2, 0.25) is 0 Å². The summed E-state index contributed by atoms with van der Waals surface area (Å²) in [6, 6.07) is -1.06. The van der Waals surface area contributed by atoms with Crippen LogP contribution in [0.1, 0.15) is 27.2 Å². The summed E-state index contributed by atoms with van der Waals surface area (Å²) in [6.45, 7) is 6.17. The average molecular weight is 214 g/mol. The van der Waals surface area contributed by atoms with Crippen molar-refractivity contribution in [2.45, 2.75) is 39.3 Å². The van der Waals surface area contributed by atoms with Gasteiger partial charge >= 0.3 is 5.97 Å². The lowest BCUT2D eigenvalue weighted by atomic mass is 9.82. The third-order valence-electron chi connectivity index (χ3n) is 2.78. The number of carboxylic acid groups (broad SMARTS) is 1. The van der Waals surface area contributed by atoms with Gasteiger partial charge in [-0.15, -0.1) is 0 Å². The lowest BCUT2D eigenvalue weighted by Gasteiger charge is -2.47. The minimum absolute atomic E-state index is 0.403. The number of hydrogen-bond acceptors (Lipinski definition) is 3. The lowest BCUT2D eigenvalue weighted by molar-refractivity contribution is -0.155. The van der Waals surface area contributed by atoms with Crippen molar-refractivity contribution in [3.8, 4) is 0 Å². The molecule has 1 aliphatic heterocycles. The van der Waals surface area contributed by atoms with Gasteiger partial charge in [-0.25, -0.2) is 0 Å². The first-order valence-corrected chi connectivity index (χ1v) is 5.03. The van der Waals surface area contributed by atoms with Crippen molar-refractivity contribution in [1.82, 2.24) is 4.90 Å². The summed E-state index contributed by atoms with van der Waals surface area (Å²) in [5.74, 6) is -1.33. The van der Waals surface area contributed by atoms with Gasteiger partial charge in [0.1, 0.15) is 6.04 Å². The SMILES string of the molecule is CC(C)(C)C(C(=O)O)N1CCC1C(N)=O. The van der Waals surface area contributed by atoms with Gasteiger partial charge in [-0.3, -0.25) is 14.5 Å². The number of carboxylic acids is 1. The molecule has 3 N–H and O–H groups in total. The average Bonchev–Trinajstić information content (AvgIpc) is 1.92. The predicted molar refractivity (Wildman–Crippen MR) is 55.2 cm³/mol. The van der Waals surface area contributed by atoms with Crippen molar-refractivity contribution >= 4 is 11.9 Å². The summed E-state index contributed by atoms with van der Waals surface area (Å²) in [5, 5.41) is 9.15. The summed E-state index contributed by atoms with van der Waals surface area (Å²) in [4.78, 5) is 23.9. The molecule has 86 valence electrons. The maximum absolute atomic E-state index is 11.2. The number of rotatable bonds is 3. The van der Waals surface area contributed by atoms with Crippen LogP contribution in [0.25, 0.3) is 0 Å². The molecule has 0 aromatic heterocycles. The second-order valence-electron chi connectivity index (χ2n) is 5.05. The minimum atomic E-state index is -0.895. The number of hydrogen-bond donors (Lipinski definition) is 2. The van der Waals surface area contributed by atoms with E-state index in [9.17, 15) is 9.59 Å². The minimum Gasteiger partial charge on any atom is -0.480 e. The first kappa shape index (κ1) is 12.0. The molecule has 1 saturated heterocycles. The highest BCUT2D eigenvalue weighted by Crippen LogP contribution is 2.31. The number of primary amides is 1. The van der Waals surface area contributed by atoms with Crippen molar-refractivity contribution in [3.05, 3.63) is 0 Å². The van der Waals surface area contributed by atoms with Crippen LogP contribution in [0.3, 0.4) is 0 Å². The van der Waals surface area contributed by atoms with Gasteiger partial charge in [0.2, 0.25) is 5.91 Å². The largest absolute Gasteiger partial charge is 0.480 e. The number of likely N-dealkylation sites (tertiary alicyclic amines) is 1. The molecule has 0 radical (unpaired) electrons. The number of carbonyl (C=O) groups excluding carboxylic acids is 1. The Labute approximate surface area is 89.2 Å². The molecule has 15 heavy (non-hydrogen) atoms. The maximum Gasteiger partial charge on any atom is 0.321 e. The predicted octanol–water partition coefficient (Wildman–Crippen LogP) is 0.0453. The van der Waals surface area contributed by atoms with E-state index in [0.29, 0.717) is 13.0 Å². The molecule has 5 heteroatoms. The van der Waals surface area contributed by atoms with E-state index in [4.69, 9.17) is 10.8 Å². The molecule has 2 atom stereocenters. The molecule has 1 aliphatic rings. The van der Waals surface area contributed by atoms with Gasteiger partial charge in [-0.05, 0) is 11.8 Å². The molecule has 1 rings (SSSR count). The molecule has 0 aromatic rings. The highest BCUT2D eigenvalue weighted by Gasteiger charge is 2.45. The normalized spacial score (nSPS) is 24.3. The zero-order chi connectivity index (χ0) is 11.8. The number of nitrogens with zero attached hydrogens (tertiary/aromatic N) is 1. The van der Waals surface area contributed by atoms with Crippen LogP contribution in [0.4, 0.5) is 0 Å². The van der Waals surface area contributed by atoms with Gasteiger partial charge in [0.25, 0.3) is 0 Å². The first-order valence-electron chi connectivity index (χ1n) is 5.03. The number of aliphatic carboxylic acids is 1. The quantitative estimate of drug-likeness (QED) is 0.695. The van der Waals surface area contributed by atoms with Crippen molar-refractivity contribution < 1.29 is 14.7 Å². The van der Waals surface area contributed by atoms with E-state index >= 15 is 0 Å².